The Balaban J connectivity index is 1.56. The van der Waals surface area contributed by atoms with Crippen molar-refractivity contribution in [1.82, 2.24) is 14.8 Å². The second-order valence-electron chi connectivity index (χ2n) is 9.24. The summed E-state index contributed by atoms with van der Waals surface area (Å²) in [5, 5.41) is 4.88. The molecular weight excluding hydrogens is 422 g/mol. The van der Waals surface area contributed by atoms with Crippen molar-refractivity contribution in [3.63, 3.8) is 0 Å². The molecule has 1 aliphatic heterocycles. The third kappa shape index (κ3) is 3.58. The number of amides is 2. The van der Waals surface area contributed by atoms with Crippen LogP contribution in [0.2, 0.25) is 5.02 Å². The van der Waals surface area contributed by atoms with Crippen LogP contribution in [0.5, 0.6) is 0 Å². The number of nitrogens with one attached hydrogen (secondary N) is 1. The first-order chi connectivity index (χ1) is 15.5. The van der Waals surface area contributed by atoms with Gasteiger partial charge in [-0.25, -0.2) is 0 Å². The Bertz CT molecular complexity index is 1180. The fourth-order valence-corrected chi connectivity index (χ4v) is 5.33. The standard InChI is InChI=1S/C26H28ClN3O2/c1-26(25(32)28-20-11-3-2-4-12-20)17-29-22-14-8-6-9-18(22)15-23(29)24(31)30(26)16-19-10-5-7-13-21(19)27/h5-10,13-15,20H,2-4,11-12,16-17H2,1H3,(H,28,32). The average molecular weight is 450 g/mol. The number of nitrogens with zero attached hydrogens (tertiary/aromatic N) is 2. The molecule has 1 aliphatic carbocycles. The summed E-state index contributed by atoms with van der Waals surface area (Å²) in [4.78, 5) is 29.2. The SMILES string of the molecule is CC1(C(=O)NC2CCCCC2)Cn2c(cc3ccccc32)C(=O)N1Cc1ccccc1Cl. The zero-order valence-electron chi connectivity index (χ0n) is 18.3. The number of hydrogen-bond donors (Lipinski definition) is 1. The lowest BCUT2D eigenvalue weighted by Crippen LogP contribution is -2.64. The topological polar surface area (TPSA) is 54.3 Å². The van der Waals surface area contributed by atoms with Crippen LogP contribution in [0, 0.1) is 0 Å². The Morgan fingerprint density at radius 2 is 1.81 bits per heavy atom. The summed E-state index contributed by atoms with van der Waals surface area (Å²) in [6.07, 6.45) is 5.49. The predicted molar refractivity (Wildman–Crippen MR) is 127 cm³/mol. The quantitative estimate of drug-likeness (QED) is 0.598. The van der Waals surface area contributed by atoms with E-state index in [9.17, 15) is 9.59 Å². The van der Waals surface area contributed by atoms with Crippen molar-refractivity contribution in [2.75, 3.05) is 0 Å². The summed E-state index contributed by atoms with van der Waals surface area (Å²) in [5.41, 5.74) is 1.40. The maximum absolute atomic E-state index is 13.8. The van der Waals surface area contributed by atoms with Gasteiger partial charge in [0.2, 0.25) is 5.91 Å². The number of aromatic nitrogens is 1. The first kappa shape index (κ1) is 21.1. The Hall–Kier alpha value is -2.79. The van der Waals surface area contributed by atoms with Gasteiger partial charge in [0, 0.05) is 28.5 Å². The highest BCUT2D eigenvalue weighted by Gasteiger charge is 2.48. The number of carbonyl (C=O) groups is 2. The fourth-order valence-electron chi connectivity index (χ4n) is 5.14. The van der Waals surface area contributed by atoms with Crippen molar-refractivity contribution in [3.8, 4) is 0 Å². The lowest BCUT2D eigenvalue weighted by Gasteiger charge is -2.45. The van der Waals surface area contributed by atoms with E-state index in [1.807, 2.05) is 66.1 Å². The molecule has 166 valence electrons. The summed E-state index contributed by atoms with van der Waals surface area (Å²) < 4.78 is 2.00. The first-order valence-corrected chi connectivity index (χ1v) is 11.8. The summed E-state index contributed by atoms with van der Waals surface area (Å²) in [6, 6.07) is 17.6. The Kier molecular flexibility index (Phi) is 5.46. The van der Waals surface area contributed by atoms with Gasteiger partial charge in [-0.15, -0.1) is 0 Å². The third-order valence-electron chi connectivity index (χ3n) is 7.05. The minimum Gasteiger partial charge on any atom is -0.351 e. The van der Waals surface area contributed by atoms with E-state index in [0.717, 1.165) is 42.1 Å². The molecule has 1 fully saturated rings. The number of para-hydroxylation sites is 1. The molecule has 2 heterocycles. The van der Waals surface area contributed by atoms with Crippen LogP contribution in [0.15, 0.2) is 54.6 Å². The van der Waals surface area contributed by atoms with E-state index in [2.05, 4.69) is 5.32 Å². The van der Waals surface area contributed by atoms with Crippen LogP contribution in [0.25, 0.3) is 10.9 Å². The van der Waals surface area contributed by atoms with E-state index in [4.69, 9.17) is 11.6 Å². The van der Waals surface area contributed by atoms with E-state index in [-0.39, 0.29) is 24.4 Å². The van der Waals surface area contributed by atoms with Crippen molar-refractivity contribution in [3.05, 3.63) is 70.9 Å². The van der Waals surface area contributed by atoms with E-state index >= 15 is 0 Å². The monoisotopic (exact) mass is 449 g/mol. The number of benzene rings is 2. The maximum atomic E-state index is 13.8. The van der Waals surface area contributed by atoms with Gasteiger partial charge in [-0.1, -0.05) is 67.3 Å². The van der Waals surface area contributed by atoms with Gasteiger partial charge in [0.25, 0.3) is 5.91 Å². The minimum absolute atomic E-state index is 0.0896. The minimum atomic E-state index is -1.03. The molecule has 0 spiro atoms. The summed E-state index contributed by atoms with van der Waals surface area (Å²) in [7, 11) is 0. The lowest BCUT2D eigenvalue weighted by molar-refractivity contribution is -0.134. The number of carbonyl (C=O) groups excluding carboxylic acids is 2. The molecule has 1 atom stereocenters. The van der Waals surface area contributed by atoms with E-state index < -0.39 is 5.54 Å². The molecule has 0 bridgehead atoms. The van der Waals surface area contributed by atoms with Crippen LogP contribution in [-0.2, 0) is 17.9 Å². The molecule has 5 nitrogen and oxygen atoms in total. The number of hydrogen-bond acceptors (Lipinski definition) is 2. The summed E-state index contributed by atoms with van der Waals surface area (Å²) in [6.45, 7) is 2.58. The first-order valence-electron chi connectivity index (χ1n) is 11.4. The van der Waals surface area contributed by atoms with Crippen molar-refractivity contribution >= 4 is 34.3 Å². The highest BCUT2D eigenvalue weighted by atomic mass is 35.5. The molecule has 0 radical (unpaired) electrons. The molecule has 32 heavy (non-hydrogen) atoms. The van der Waals surface area contributed by atoms with Gasteiger partial charge < -0.3 is 14.8 Å². The third-order valence-corrected chi connectivity index (χ3v) is 7.42. The number of rotatable bonds is 4. The second-order valence-corrected chi connectivity index (χ2v) is 9.65. The average Bonchev–Trinajstić information content (AvgIpc) is 3.17. The van der Waals surface area contributed by atoms with E-state index in [0.29, 0.717) is 17.3 Å². The van der Waals surface area contributed by atoms with Gasteiger partial charge >= 0.3 is 0 Å². The zero-order chi connectivity index (χ0) is 22.3. The largest absolute Gasteiger partial charge is 0.351 e. The molecule has 2 aromatic carbocycles. The van der Waals surface area contributed by atoms with Crippen LogP contribution in [0.3, 0.4) is 0 Å². The van der Waals surface area contributed by atoms with Crippen molar-refractivity contribution < 1.29 is 9.59 Å². The normalized spacial score (nSPS) is 21.6. The molecule has 1 saturated carbocycles. The number of halogens is 1. The molecule has 3 aromatic rings. The zero-order valence-corrected chi connectivity index (χ0v) is 19.1. The van der Waals surface area contributed by atoms with Gasteiger partial charge in [-0.2, -0.15) is 0 Å². The van der Waals surface area contributed by atoms with Gasteiger partial charge in [0.15, 0.2) is 0 Å². The van der Waals surface area contributed by atoms with Crippen LogP contribution < -0.4 is 5.32 Å². The summed E-state index contributed by atoms with van der Waals surface area (Å²) >= 11 is 6.44. The van der Waals surface area contributed by atoms with Gasteiger partial charge in [0.1, 0.15) is 11.2 Å². The van der Waals surface area contributed by atoms with Crippen LogP contribution in [0.1, 0.15) is 55.1 Å². The predicted octanol–water partition coefficient (Wildman–Crippen LogP) is 5.16. The second kappa shape index (κ2) is 8.28. The highest BCUT2D eigenvalue weighted by Crippen LogP contribution is 2.34. The Morgan fingerprint density at radius 3 is 2.59 bits per heavy atom. The molecule has 6 heteroatoms. The van der Waals surface area contributed by atoms with Crippen LogP contribution in [0.4, 0.5) is 0 Å². The van der Waals surface area contributed by atoms with Crippen LogP contribution >= 0.6 is 11.6 Å². The molecule has 2 amide bonds. The van der Waals surface area contributed by atoms with E-state index in [1.54, 1.807) is 4.90 Å². The molecule has 1 N–H and O–H groups in total. The van der Waals surface area contributed by atoms with Crippen LogP contribution in [-0.4, -0.2) is 32.9 Å². The van der Waals surface area contributed by atoms with E-state index in [1.165, 1.54) is 6.42 Å². The van der Waals surface area contributed by atoms with Gasteiger partial charge in [0.05, 0.1) is 6.54 Å². The maximum Gasteiger partial charge on any atom is 0.271 e. The molecule has 0 saturated heterocycles. The lowest BCUT2D eigenvalue weighted by atomic mass is 9.91. The highest BCUT2D eigenvalue weighted by molar-refractivity contribution is 6.31. The molecule has 1 aromatic heterocycles. The molecule has 2 aliphatic rings. The number of fused-ring (bicyclic) bond motifs is 3. The van der Waals surface area contributed by atoms with Gasteiger partial charge in [-0.05, 0) is 43.5 Å². The Labute approximate surface area is 193 Å². The van der Waals surface area contributed by atoms with Crippen molar-refractivity contribution in [1.29, 1.82) is 0 Å². The van der Waals surface area contributed by atoms with Gasteiger partial charge in [-0.3, -0.25) is 9.59 Å². The summed E-state index contributed by atoms with van der Waals surface area (Å²) in [5.74, 6) is -0.234. The Morgan fingerprint density at radius 1 is 1.09 bits per heavy atom. The molecular formula is C26H28ClN3O2. The smallest absolute Gasteiger partial charge is 0.271 e. The molecule has 1 unspecified atom stereocenters. The van der Waals surface area contributed by atoms with Crippen molar-refractivity contribution in [2.24, 2.45) is 0 Å². The molecule has 5 rings (SSSR count). The fraction of sp³-hybridized carbons (Fsp3) is 0.385. The van der Waals surface area contributed by atoms with Crippen molar-refractivity contribution in [2.45, 2.75) is 63.7 Å².